The quantitative estimate of drug-likeness (QED) is 0.634. The first kappa shape index (κ1) is 21.5. The lowest BCUT2D eigenvalue weighted by molar-refractivity contribution is 0.0745. The van der Waals surface area contributed by atoms with Crippen molar-refractivity contribution in [1.29, 1.82) is 0 Å². The summed E-state index contributed by atoms with van der Waals surface area (Å²) in [6, 6.07) is 9.42. The summed E-state index contributed by atoms with van der Waals surface area (Å²) in [7, 11) is 1.48. The van der Waals surface area contributed by atoms with Crippen LogP contribution in [0, 0.1) is 5.41 Å². The zero-order valence-corrected chi connectivity index (χ0v) is 17.3. The highest BCUT2D eigenvalue weighted by Crippen LogP contribution is 2.26. The van der Waals surface area contributed by atoms with Gasteiger partial charge in [-0.2, -0.15) is 0 Å². The Morgan fingerprint density at radius 2 is 1.83 bits per heavy atom. The minimum absolute atomic E-state index is 0.161. The fraction of sp³-hybridized carbons (Fsp3) is 0.364. The van der Waals surface area contributed by atoms with Crippen LogP contribution in [0.15, 0.2) is 47.3 Å². The Kier molecular flexibility index (Phi) is 5.96. The van der Waals surface area contributed by atoms with E-state index < -0.39 is 18.4 Å². The van der Waals surface area contributed by atoms with Crippen LogP contribution in [0.25, 0.3) is 11.0 Å². The molecule has 1 heterocycles. The van der Waals surface area contributed by atoms with Crippen LogP contribution in [0.4, 0.5) is 8.78 Å². The number of hydrogen-bond acceptors (Lipinski definition) is 3. The fourth-order valence-corrected chi connectivity index (χ4v) is 3.35. The fourth-order valence-electron chi connectivity index (χ4n) is 3.35. The standard InChI is InChI=1S/C22H25F2N3O3/c1-22(2,3)12-27-18-15(6-5-7-16(18)25-21(27)29)20(28)26-17(19(23)24)13-8-10-14(30-4)11-9-13/h5-11,17,19H,12H2,1-4H3,(H,25,29)(H,26,28)/t17-/m0/s1. The van der Waals surface area contributed by atoms with E-state index in [1.54, 1.807) is 24.3 Å². The van der Waals surface area contributed by atoms with Gasteiger partial charge in [-0.05, 0) is 35.2 Å². The number of benzene rings is 2. The number of halogens is 2. The molecule has 0 radical (unpaired) electrons. The topological polar surface area (TPSA) is 76.1 Å². The number of nitrogens with zero attached hydrogens (tertiary/aromatic N) is 1. The largest absolute Gasteiger partial charge is 0.497 e. The molecule has 3 rings (SSSR count). The molecular weight excluding hydrogens is 392 g/mol. The summed E-state index contributed by atoms with van der Waals surface area (Å²) in [6.07, 6.45) is -2.82. The van der Waals surface area contributed by atoms with Gasteiger partial charge in [0.25, 0.3) is 12.3 Å². The van der Waals surface area contributed by atoms with Crippen LogP contribution in [-0.2, 0) is 6.54 Å². The number of H-pyrrole nitrogens is 1. The van der Waals surface area contributed by atoms with Crippen molar-refractivity contribution in [2.75, 3.05) is 7.11 Å². The van der Waals surface area contributed by atoms with Crippen molar-refractivity contribution in [3.63, 3.8) is 0 Å². The second-order valence-corrected chi connectivity index (χ2v) is 8.34. The number of aromatic nitrogens is 2. The molecule has 1 atom stereocenters. The molecule has 160 valence electrons. The van der Waals surface area contributed by atoms with Gasteiger partial charge in [0, 0.05) is 6.54 Å². The van der Waals surface area contributed by atoms with Crippen molar-refractivity contribution in [1.82, 2.24) is 14.9 Å². The Morgan fingerprint density at radius 3 is 2.40 bits per heavy atom. The maximum absolute atomic E-state index is 13.8. The Hall–Kier alpha value is -3.16. The van der Waals surface area contributed by atoms with Crippen molar-refractivity contribution < 1.29 is 18.3 Å². The minimum Gasteiger partial charge on any atom is -0.497 e. The zero-order chi connectivity index (χ0) is 22.1. The number of imidazole rings is 1. The monoisotopic (exact) mass is 417 g/mol. The predicted molar refractivity (Wildman–Crippen MR) is 111 cm³/mol. The summed E-state index contributed by atoms with van der Waals surface area (Å²) in [5.41, 5.74) is 0.729. The van der Waals surface area contributed by atoms with E-state index in [2.05, 4.69) is 10.3 Å². The second kappa shape index (κ2) is 8.30. The maximum atomic E-state index is 13.8. The third-order valence-corrected chi connectivity index (χ3v) is 4.68. The lowest BCUT2D eigenvalue weighted by Gasteiger charge is -2.21. The molecule has 0 spiro atoms. The molecular formula is C22H25F2N3O3. The first-order chi connectivity index (χ1) is 14.1. The highest BCUT2D eigenvalue weighted by Gasteiger charge is 2.27. The first-order valence-corrected chi connectivity index (χ1v) is 9.55. The van der Waals surface area contributed by atoms with E-state index in [1.807, 2.05) is 20.8 Å². The van der Waals surface area contributed by atoms with Gasteiger partial charge in [-0.1, -0.05) is 39.0 Å². The van der Waals surface area contributed by atoms with Gasteiger partial charge in [-0.15, -0.1) is 0 Å². The Labute approximate surface area is 172 Å². The number of fused-ring (bicyclic) bond motifs is 1. The van der Waals surface area contributed by atoms with Crippen molar-refractivity contribution >= 4 is 16.9 Å². The normalized spacial score (nSPS) is 12.9. The van der Waals surface area contributed by atoms with E-state index in [1.165, 1.54) is 29.9 Å². The van der Waals surface area contributed by atoms with Crippen molar-refractivity contribution in [2.24, 2.45) is 5.41 Å². The van der Waals surface area contributed by atoms with E-state index in [0.29, 0.717) is 23.3 Å². The number of rotatable bonds is 6. The number of ether oxygens (including phenoxy) is 1. The molecule has 0 aliphatic heterocycles. The number of carbonyl (C=O) groups excluding carboxylic acids is 1. The first-order valence-electron chi connectivity index (χ1n) is 9.55. The second-order valence-electron chi connectivity index (χ2n) is 8.34. The van der Waals surface area contributed by atoms with Gasteiger partial charge < -0.3 is 15.0 Å². The van der Waals surface area contributed by atoms with E-state index in [0.717, 1.165) is 0 Å². The summed E-state index contributed by atoms with van der Waals surface area (Å²) in [5, 5.41) is 2.42. The smallest absolute Gasteiger partial charge is 0.326 e. The summed E-state index contributed by atoms with van der Waals surface area (Å²) in [6.45, 7) is 6.28. The zero-order valence-electron chi connectivity index (χ0n) is 17.3. The molecule has 8 heteroatoms. The van der Waals surface area contributed by atoms with Crippen LogP contribution < -0.4 is 15.7 Å². The number of amides is 1. The molecule has 1 amide bonds. The molecule has 0 saturated carbocycles. The van der Waals surface area contributed by atoms with Gasteiger partial charge in [0.1, 0.15) is 11.8 Å². The van der Waals surface area contributed by atoms with Gasteiger partial charge in [0.05, 0.1) is 23.7 Å². The lowest BCUT2D eigenvalue weighted by atomic mass is 9.96. The lowest BCUT2D eigenvalue weighted by Crippen LogP contribution is -2.33. The van der Waals surface area contributed by atoms with Crippen molar-refractivity contribution in [2.45, 2.75) is 39.8 Å². The molecule has 30 heavy (non-hydrogen) atoms. The number of methoxy groups -OCH3 is 1. The molecule has 0 unspecified atom stereocenters. The third kappa shape index (κ3) is 4.53. The number of carbonyl (C=O) groups is 1. The van der Waals surface area contributed by atoms with E-state index in [4.69, 9.17) is 4.74 Å². The van der Waals surface area contributed by atoms with Crippen LogP contribution in [0.1, 0.15) is 42.7 Å². The third-order valence-electron chi connectivity index (χ3n) is 4.68. The van der Waals surface area contributed by atoms with E-state index in [-0.39, 0.29) is 22.2 Å². The maximum Gasteiger partial charge on any atom is 0.326 e. The van der Waals surface area contributed by atoms with Crippen LogP contribution >= 0.6 is 0 Å². The van der Waals surface area contributed by atoms with E-state index in [9.17, 15) is 18.4 Å². The van der Waals surface area contributed by atoms with Gasteiger partial charge in [-0.3, -0.25) is 9.36 Å². The highest BCUT2D eigenvalue weighted by molar-refractivity contribution is 6.05. The molecule has 0 aliphatic carbocycles. The van der Waals surface area contributed by atoms with Crippen LogP contribution in [0.2, 0.25) is 0 Å². The molecule has 0 bridgehead atoms. The summed E-state index contributed by atoms with van der Waals surface area (Å²) < 4.78 is 34.0. The number of hydrogen-bond donors (Lipinski definition) is 2. The summed E-state index contributed by atoms with van der Waals surface area (Å²) in [4.78, 5) is 28.2. The van der Waals surface area contributed by atoms with Crippen LogP contribution in [0.3, 0.4) is 0 Å². The molecule has 2 aromatic carbocycles. The molecule has 2 N–H and O–H groups in total. The summed E-state index contributed by atoms with van der Waals surface area (Å²) in [5.74, 6) is -0.148. The van der Waals surface area contributed by atoms with Gasteiger partial charge in [0.2, 0.25) is 0 Å². The average molecular weight is 417 g/mol. The van der Waals surface area contributed by atoms with Crippen molar-refractivity contribution in [3.05, 3.63) is 64.1 Å². The predicted octanol–water partition coefficient (Wildman–Crippen LogP) is 4.12. The SMILES string of the molecule is COc1ccc([C@H](NC(=O)c2cccc3[nH]c(=O)n(CC(C)(C)C)c23)C(F)F)cc1. The molecule has 6 nitrogen and oxygen atoms in total. The Balaban J connectivity index is 1.99. The number of alkyl halides is 2. The molecule has 0 fully saturated rings. The molecule has 1 aromatic heterocycles. The van der Waals surface area contributed by atoms with E-state index >= 15 is 0 Å². The van der Waals surface area contributed by atoms with Gasteiger partial charge in [-0.25, -0.2) is 13.6 Å². The highest BCUT2D eigenvalue weighted by atomic mass is 19.3. The average Bonchev–Trinajstić information content (AvgIpc) is 2.99. The van der Waals surface area contributed by atoms with Crippen LogP contribution in [0.5, 0.6) is 5.75 Å². The van der Waals surface area contributed by atoms with Crippen LogP contribution in [-0.4, -0.2) is 29.0 Å². The number of para-hydroxylation sites is 1. The minimum atomic E-state index is -2.82. The van der Waals surface area contributed by atoms with Crippen molar-refractivity contribution in [3.8, 4) is 5.75 Å². The molecule has 0 saturated heterocycles. The Morgan fingerprint density at radius 1 is 1.17 bits per heavy atom. The summed E-state index contributed by atoms with van der Waals surface area (Å²) >= 11 is 0. The molecule has 0 aliphatic rings. The van der Waals surface area contributed by atoms with Gasteiger partial charge in [0.15, 0.2) is 0 Å². The number of nitrogens with one attached hydrogen (secondary N) is 2. The Bertz CT molecular complexity index is 1100. The molecule has 3 aromatic rings. The van der Waals surface area contributed by atoms with Gasteiger partial charge >= 0.3 is 5.69 Å². The number of aromatic amines is 1.